The van der Waals surface area contributed by atoms with Crippen molar-refractivity contribution in [3.63, 3.8) is 0 Å². The first-order valence-corrected chi connectivity index (χ1v) is 8.47. The van der Waals surface area contributed by atoms with Crippen molar-refractivity contribution in [2.24, 2.45) is 0 Å². The molecule has 2 aromatic rings. The van der Waals surface area contributed by atoms with Gasteiger partial charge in [0.15, 0.2) is 6.61 Å². The lowest BCUT2D eigenvalue weighted by atomic mass is 10.0. The number of piperidine rings is 1. The molecular weight excluding hydrogens is 302 g/mol. The van der Waals surface area contributed by atoms with Crippen LogP contribution >= 0.6 is 0 Å². The molecule has 126 valence electrons. The van der Waals surface area contributed by atoms with E-state index in [9.17, 15) is 4.79 Å². The summed E-state index contributed by atoms with van der Waals surface area (Å²) in [5.41, 5.74) is 0. The summed E-state index contributed by atoms with van der Waals surface area (Å²) in [6.07, 6.45) is 3.37. The zero-order valence-electron chi connectivity index (χ0n) is 14.0. The van der Waals surface area contributed by atoms with Crippen molar-refractivity contribution < 1.29 is 14.3 Å². The number of benzene rings is 2. The highest BCUT2D eigenvalue weighted by atomic mass is 16.5. The summed E-state index contributed by atoms with van der Waals surface area (Å²) >= 11 is 0. The average molecular weight is 325 g/mol. The predicted octanol–water partition coefficient (Wildman–Crippen LogP) is 4.26. The smallest absolute Gasteiger partial charge is 0.260 e. The van der Waals surface area contributed by atoms with Gasteiger partial charge in [-0.15, -0.1) is 0 Å². The molecule has 1 heterocycles. The van der Waals surface area contributed by atoms with Crippen LogP contribution in [0.5, 0.6) is 17.2 Å². The Kier molecular flexibility index (Phi) is 5.36. The Hall–Kier alpha value is -2.49. The number of ether oxygens (including phenoxy) is 2. The minimum atomic E-state index is 0.0619. The van der Waals surface area contributed by atoms with Crippen LogP contribution in [-0.4, -0.2) is 30.0 Å². The number of rotatable bonds is 5. The zero-order valence-corrected chi connectivity index (χ0v) is 14.0. The van der Waals surface area contributed by atoms with Crippen LogP contribution < -0.4 is 9.47 Å². The molecule has 24 heavy (non-hydrogen) atoms. The molecular formula is C20H23NO3. The molecule has 1 amide bonds. The van der Waals surface area contributed by atoms with E-state index in [1.807, 2.05) is 59.5 Å². The largest absolute Gasteiger partial charge is 0.484 e. The molecule has 3 rings (SSSR count). The molecule has 0 bridgehead atoms. The second-order valence-electron chi connectivity index (χ2n) is 6.11. The molecule has 4 nitrogen and oxygen atoms in total. The van der Waals surface area contributed by atoms with Crippen molar-refractivity contribution in [2.45, 2.75) is 32.2 Å². The normalized spacial score (nSPS) is 17.4. The lowest BCUT2D eigenvalue weighted by Crippen LogP contribution is -2.44. The fraction of sp³-hybridized carbons (Fsp3) is 0.350. The Bertz CT molecular complexity index is 654. The van der Waals surface area contributed by atoms with Gasteiger partial charge in [0.2, 0.25) is 0 Å². The Morgan fingerprint density at radius 1 is 1.00 bits per heavy atom. The van der Waals surface area contributed by atoms with E-state index in [-0.39, 0.29) is 12.5 Å². The minimum Gasteiger partial charge on any atom is -0.484 e. The number of hydrogen-bond donors (Lipinski definition) is 0. The highest BCUT2D eigenvalue weighted by molar-refractivity contribution is 5.78. The van der Waals surface area contributed by atoms with E-state index in [0.717, 1.165) is 30.9 Å². The maximum atomic E-state index is 12.3. The van der Waals surface area contributed by atoms with Crippen LogP contribution in [0.3, 0.4) is 0 Å². The SMILES string of the molecule is CC1CCCCN1C(=O)COc1ccc(Oc2ccccc2)cc1. The van der Waals surface area contributed by atoms with Crippen LogP contribution in [0.25, 0.3) is 0 Å². The number of carbonyl (C=O) groups is 1. The van der Waals surface area contributed by atoms with Crippen molar-refractivity contribution in [2.75, 3.05) is 13.2 Å². The van der Waals surface area contributed by atoms with E-state index in [2.05, 4.69) is 6.92 Å². The fourth-order valence-electron chi connectivity index (χ4n) is 2.93. The van der Waals surface area contributed by atoms with Gasteiger partial charge >= 0.3 is 0 Å². The molecule has 0 saturated carbocycles. The molecule has 1 saturated heterocycles. The molecule has 1 atom stereocenters. The number of amides is 1. The molecule has 1 aliphatic heterocycles. The van der Waals surface area contributed by atoms with E-state index in [1.54, 1.807) is 0 Å². The van der Waals surface area contributed by atoms with Crippen molar-refractivity contribution in [1.82, 2.24) is 4.90 Å². The molecule has 0 N–H and O–H groups in total. The van der Waals surface area contributed by atoms with E-state index in [1.165, 1.54) is 6.42 Å². The Morgan fingerprint density at radius 2 is 1.67 bits per heavy atom. The summed E-state index contributed by atoms with van der Waals surface area (Å²) < 4.78 is 11.4. The zero-order chi connectivity index (χ0) is 16.8. The minimum absolute atomic E-state index is 0.0619. The van der Waals surface area contributed by atoms with Crippen LogP contribution in [0.15, 0.2) is 54.6 Å². The molecule has 0 aliphatic carbocycles. The first kappa shape index (κ1) is 16.4. The Labute approximate surface area is 143 Å². The molecule has 1 fully saturated rings. The van der Waals surface area contributed by atoms with Gasteiger partial charge in [-0.2, -0.15) is 0 Å². The summed E-state index contributed by atoms with van der Waals surface area (Å²) in [5.74, 6) is 2.27. The number of hydrogen-bond acceptors (Lipinski definition) is 3. The van der Waals surface area contributed by atoms with Gasteiger partial charge < -0.3 is 14.4 Å². The van der Waals surface area contributed by atoms with E-state index in [0.29, 0.717) is 11.8 Å². The van der Waals surface area contributed by atoms with Crippen LogP contribution in [0.4, 0.5) is 0 Å². The molecule has 0 radical (unpaired) electrons. The third-order valence-corrected chi connectivity index (χ3v) is 4.29. The van der Waals surface area contributed by atoms with Gasteiger partial charge in [-0.05, 0) is 62.6 Å². The van der Waals surface area contributed by atoms with Gasteiger partial charge in [0.05, 0.1) is 0 Å². The second-order valence-corrected chi connectivity index (χ2v) is 6.11. The Balaban J connectivity index is 1.51. The maximum Gasteiger partial charge on any atom is 0.260 e. The summed E-state index contributed by atoms with van der Waals surface area (Å²) in [4.78, 5) is 14.2. The molecule has 4 heteroatoms. The molecule has 0 aromatic heterocycles. The third-order valence-electron chi connectivity index (χ3n) is 4.29. The van der Waals surface area contributed by atoms with Crippen molar-refractivity contribution >= 4 is 5.91 Å². The number of likely N-dealkylation sites (tertiary alicyclic amines) is 1. The summed E-state index contributed by atoms with van der Waals surface area (Å²) in [5, 5.41) is 0. The number of para-hydroxylation sites is 1. The van der Waals surface area contributed by atoms with Gasteiger partial charge in [0, 0.05) is 12.6 Å². The summed E-state index contributed by atoms with van der Waals surface area (Å²) in [7, 11) is 0. The highest BCUT2D eigenvalue weighted by Crippen LogP contribution is 2.23. The monoisotopic (exact) mass is 325 g/mol. The van der Waals surface area contributed by atoms with Gasteiger partial charge in [0.25, 0.3) is 5.91 Å². The van der Waals surface area contributed by atoms with Crippen molar-refractivity contribution in [1.29, 1.82) is 0 Å². The third kappa shape index (κ3) is 4.28. The summed E-state index contributed by atoms with van der Waals surface area (Å²) in [6.45, 7) is 3.03. The number of carbonyl (C=O) groups excluding carboxylic acids is 1. The van der Waals surface area contributed by atoms with Crippen LogP contribution in [-0.2, 0) is 4.79 Å². The highest BCUT2D eigenvalue weighted by Gasteiger charge is 2.23. The van der Waals surface area contributed by atoms with Crippen LogP contribution in [0, 0.1) is 0 Å². The Morgan fingerprint density at radius 3 is 2.38 bits per heavy atom. The van der Waals surface area contributed by atoms with Crippen molar-refractivity contribution in [3.05, 3.63) is 54.6 Å². The maximum absolute atomic E-state index is 12.3. The van der Waals surface area contributed by atoms with Gasteiger partial charge in [-0.25, -0.2) is 0 Å². The van der Waals surface area contributed by atoms with Crippen molar-refractivity contribution in [3.8, 4) is 17.2 Å². The predicted molar refractivity (Wildman–Crippen MR) is 93.5 cm³/mol. The molecule has 0 spiro atoms. The van der Waals surface area contributed by atoms with Crippen LogP contribution in [0.2, 0.25) is 0 Å². The van der Waals surface area contributed by atoms with Gasteiger partial charge in [-0.3, -0.25) is 4.79 Å². The molecule has 1 unspecified atom stereocenters. The number of nitrogens with zero attached hydrogens (tertiary/aromatic N) is 1. The summed E-state index contributed by atoms with van der Waals surface area (Å²) in [6, 6.07) is 17.3. The lowest BCUT2D eigenvalue weighted by molar-refractivity contribution is -0.136. The standard InChI is InChI=1S/C20H23NO3/c1-16-7-5-6-14-21(16)20(22)15-23-17-10-12-19(13-11-17)24-18-8-3-2-4-9-18/h2-4,8-13,16H,5-7,14-15H2,1H3. The van der Waals surface area contributed by atoms with Gasteiger partial charge in [0.1, 0.15) is 17.2 Å². The topological polar surface area (TPSA) is 38.8 Å². The van der Waals surface area contributed by atoms with E-state index < -0.39 is 0 Å². The fourth-order valence-corrected chi connectivity index (χ4v) is 2.93. The second kappa shape index (κ2) is 7.86. The quantitative estimate of drug-likeness (QED) is 0.824. The first-order chi connectivity index (χ1) is 11.7. The van der Waals surface area contributed by atoms with Gasteiger partial charge in [-0.1, -0.05) is 18.2 Å². The molecule has 1 aliphatic rings. The average Bonchev–Trinajstić information content (AvgIpc) is 2.62. The van der Waals surface area contributed by atoms with E-state index in [4.69, 9.17) is 9.47 Å². The van der Waals surface area contributed by atoms with E-state index >= 15 is 0 Å². The lowest BCUT2D eigenvalue weighted by Gasteiger charge is -2.33. The molecule has 2 aromatic carbocycles. The first-order valence-electron chi connectivity index (χ1n) is 8.47. The van der Waals surface area contributed by atoms with Crippen LogP contribution in [0.1, 0.15) is 26.2 Å².